The largest absolute Gasteiger partial charge is 0.328 e. The van der Waals surface area contributed by atoms with Crippen LogP contribution in [0.5, 0.6) is 0 Å². The maximum absolute atomic E-state index is 5.97. The van der Waals surface area contributed by atoms with Gasteiger partial charge in [-0.3, -0.25) is 4.90 Å². The topological polar surface area (TPSA) is 32.5 Å². The van der Waals surface area contributed by atoms with Crippen LogP contribution in [0.3, 0.4) is 0 Å². The number of rotatable bonds is 1. The van der Waals surface area contributed by atoms with Gasteiger partial charge in [-0.15, -0.1) is 0 Å². The average molecular weight is 209 g/mol. The summed E-state index contributed by atoms with van der Waals surface area (Å²) in [6.45, 7) is 2.58. The molecule has 4 fully saturated rings. The van der Waals surface area contributed by atoms with Crippen molar-refractivity contribution in [3.63, 3.8) is 0 Å². The average Bonchev–Trinajstić information content (AvgIpc) is 2.21. The summed E-state index contributed by atoms with van der Waals surface area (Å²) in [5.41, 5.74) is 5.97. The van der Waals surface area contributed by atoms with Gasteiger partial charge in [0.15, 0.2) is 0 Å². The minimum atomic E-state index is 0.491. The molecule has 4 rings (SSSR count). The van der Waals surface area contributed by atoms with Gasteiger partial charge < -0.3 is 10.6 Å². The molecule has 0 aromatic heterocycles. The molecular weight excluding hydrogens is 186 g/mol. The number of fused-ring (bicyclic) bond motifs is 2. The Morgan fingerprint density at radius 1 is 0.933 bits per heavy atom. The lowest BCUT2D eigenvalue weighted by atomic mass is 9.81. The molecule has 0 radical (unpaired) electrons. The highest BCUT2D eigenvalue weighted by atomic mass is 15.4. The van der Waals surface area contributed by atoms with Crippen LogP contribution in [0.25, 0.3) is 0 Å². The monoisotopic (exact) mass is 209 g/mol. The minimum Gasteiger partial charge on any atom is -0.328 e. The lowest BCUT2D eigenvalue weighted by molar-refractivity contribution is -0.0970. The van der Waals surface area contributed by atoms with Gasteiger partial charge in [0.2, 0.25) is 0 Å². The maximum atomic E-state index is 5.97. The molecule has 2 N–H and O–H groups in total. The fourth-order valence-electron chi connectivity index (χ4n) is 3.85. The highest BCUT2D eigenvalue weighted by molar-refractivity contribution is 5.03. The Morgan fingerprint density at radius 2 is 1.53 bits per heavy atom. The summed E-state index contributed by atoms with van der Waals surface area (Å²) in [5.74, 6) is 0. The molecule has 2 atom stereocenters. The Bertz CT molecular complexity index is 223. The predicted octanol–water partition coefficient (Wildman–Crippen LogP) is 0.645. The van der Waals surface area contributed by atoms with Crippen molar-refractivity contribution in [2.45, 2.75) is 56.3 Å². The van der Waals surface area contributed by atoms with Gasteiger partial charge in [-0.1, -0.05) is 0 Å². The SMILES string of the molecule is CN1CC2CC(C1)N2C1CCC(N)CC1. The fourth-order valence-corrected chi connectivity index (χ4v) is 3.85. The quantitative estimate of drug-likeness (QED) is 0.688. The van der Waals surface area contributed by atoms with Gasteiger partial charge in [0, 0.05) is 37.3 Å². The minimum absolute atomic E-state index is 0.491. The smallest absolute Gasteiger partial charge is 0.0244 e. The second-order valence-corrected chi connectivity index (χ2v) is 5.78. The van der Waals surface area contributed by atoms with Crippen molar-refractivity contribution in [3.8, 4) is 0 Å². The Morgan fingerprint density at radius 3 is 2.13 bits per heavy atom. The van der Waals surface area contributed by atoms with Crippen LogP contribution in [0.15, 0.2) is 0 Å². The van der Waals surface area contributed by atoms with Crippen LogP contribution >= 0.6 is 0 Å². The molecule has 1 aliphatic carbocycles. The molecule has 0 amide bonds. The van der Waals surface area contributed by atoms with E-state index in [2.05, 4.69) is 16.8 Å². The van der Waals surface area contributed by atoms with E-state index in [4.69, 9.17) is 5.73 Å². The van der Waals surface area contributed by atoms with Crippen molar-refractivity contribution in [1.29, 1.82) is 0 Å². The van der Waals surface area contributed by atoms with Gasteiger partial charge in [0.05, 0.1) is 0 Å². The second-order valence-electron chi connectivity index (χ2n) is 5.78. The summed E-state index contributed by atoms with van der Waals surface area (Å²) in [5, 5.41) is 0. The first-order valence-electron chi connectivity index (χ1n) is 6.45. The summed E-state index contributed by atoms with van der Waals surface area (Å²) in [7, 11) is 2.26. The number of hydrogen-bond donors (Lipinski definition) is 1. The number of piperidine rings is 1. The zero-order valence-electron chi connectivity index (χ0n) is 9.73. The maximum Gasteiger partial charge on any atom is 0.0244 e. The van der Waals surface area contributed by atoms with Crippen molar-refractivity contribution in [2.75, 3.05) is 20.1 Å². The third kappa shape index (κ3) is 1.71. The molecule has 2 bridgehead atoms. The number of likely N-dealkylation sites (N-methyl/N-ethyl adjacent to an activating group) is 1. The summed E-state index contributed by atoms with van der Waals surface area (Å²) < 4.78 is 0. The number of nitrogens with two attached hydrogens (primary N) is 1. The van der Waals surface area contributed by atoms with Crippen molar-refractivity contribution >= 4 is 0 Å². The summed E-state index contributed by atoms with van der Waals surface area (Å²) in [6.07, 6.45) is 6.63. The Balaban J connectivity index is 1.60. The van der Waals surface area contributed by atoms with Crippen LogP contribution in [-0.4, -0.2) is 54.1 Å². The molecular formula is C12H23N3. The molecule has 3 aliphatic heterocycles. The molecule has 3 saturated heterocycles. The van der Waals surface area contributed by atoms with Gasteiger partial charge >= 0.3 is 0 Å². The third-order valence-electron chi connectivity index (χ3n) is 4.60. The first-order valence-corrected chi connectivity index (χ1v) is 6.45. The molecule has 0 spiro atoms. The fraction of sp³-hybridized carbons (Fsp3) is 1.00. The third-order valence-corrected chi connectivity index (χ3v) is 4.60. The highest BCUT2D eigenvalue weighted by Crippen LogP contribution is 2.37. The van der Waals surface area contributed by atoms with Crippen molar-refractivity contribution in [3.05, 3.63) is 0 Å². The lowest BCUT2D eigenvalue weighted by Gasteiger charge is -2.59. The van der Waals surface area contributed by atoms with Crippen LogP contribution in [0.2, 0.25) is 0 Å². The van der Waals surface area contributed by atoms with Gasteiger partial charge in [0.1, 0.15) is 0 Å². The van der Waals surface area contributed by atoms with E-state index in [1.807, 2.05) is 0 Å². The van der Waals surface area contributed by atoms with E-state index in [0.29, 0.717) is 6.04 Å². The van der Waals surface area contributed by atoms with E-state index in [1.54, 1.807) is 0 Å². The Labute approximate surface area is 92.6 Å². The standard InChI is InChI=1S/C12H23N3/c1-14-7-11-6-12(8-14)15(11)10-4-2-9(13)3-5-10/h9-12H,2-8,13H2,1H3. The van der Waals surface area contributed by atoms with Crippen molar-refractivity contribution in [2.24, 2.45) is 5.73 Å². The number of hydrogen-bond acceptors (Lipinski definition) is 3. The van der Waals surface area contributed by atoms with Gasteiger partial charge in [-0.05, 0) is 39.2 Å². The summed E-state index contributed by atoms with van der Waals surface area (Å²) in [6, 6.07) is 3.09. The van der Waals surface area contributed by atoms with E-state index >= 15 is 0 Å². The predicted molar refractivity (Wildman–Crippen MR) is 61.8 cm³/mol. The van der Waals surface area contributed by atoms with Gasteiger partial charge in [-0.2, -0.15) is 0 Å². The molecule has 1 saturated carbocycles. The first-order chi connectivity index (χ1) is 7.24. The number of nitrogens with zero attached hydrogens (tertiary/aromatic N) is 2. The van der Waals surface area contributed by atoms with Crippen LogP contribution in [0.4, 0.5) is 0 Å². The molecule has 4 aliphatic rings. The van der Waals surface area contributed by atoms with Crippen LogP contribution < -0.4 is 5.73 Å². The highest BCUT2D eigenvalue weighted by Gasteiger charge is 2.46. The first kappa shape index (κ1) is 10.1. The van der Waals surface area contributed by atoms with Gasteiger partial charge in [0.25, 0.3) is 0 Å². The van der Waals surface area contributed by atoms with Gasteiger partial charge in [-0.25, -0.2) is 0 Å². The summed E-state index contributed by atoms with van der Waals surface area (Å²) >= 11 is 0. The molecule has 2 unspecified atom stereocenters. The Hall–Kier alpha value is -0.120. The van der Waals surface area contributed by atoms with Crippen LogP contribution in [0.1, 0.15) is 32.1 Å². The molecule has 3 heterocycles. The molecule has 86 valence electrons. The molecule has 0 aromatic carbocycles. The molecule has 0 aromatic rings. The van der Waals surface area contributed by atoms with E-state index in [1.165, 1.54) is 45.2 Å². The normalized spacial score (nSPS) is 47.6. The van der Waals surface area contributed by atoms with Crippen LogP contribution in [-0.2, 0) is 0 Å². The van der Waals surface area contributed by atoms with Crippen LogP contribution in [0, 0.1) is 0 Å². The van der Waals surface area contributed by atoms with Crippen molar-refractivity contribution < 1.29 is 0 Å². The Kier molecular flexibility index (Phi) is 2.49. The summed E-state index contributed by atoms with van der Waals surface area (Å²) in [4.78, 5) is 5.30. The van der Waals surface area contributed by atoms with Crippen molar-refractivity contribution in [1.82, 2.24) is 9.80 Å². The van der Waals surface area contributed by atoms with E-state index < -0.39 is 0 Å². The van der Waals surface area contributed by atoms with E-state index in [-0.39, 0.29) is 0 Å². The second kappa shape index (κ2) is 3.72. The zero-order chi connectivity index (χ0) is 10.4. The van der Waals surface area contributed by atoms with E-state index in [0.717, 1.165) is 18.1 Å². The lowest BCUT2D eigenvalue weighted by Crippen LogP contribution is -2.70. The molecule has 3 heteroatoms. The number of piperazine rings is 1. The molecule has 15 heavy (non-hydrogen) atoms. The molecule has 3 nitrogen and oxygen atoms in total. The van der Waals surface area contributed by atoms with E-state index in [9.17, 15) is 0 Å². The zero-order valence-corrected chi connectivity index (χ0v) is 9.73.